The van der Waals surface area contributed by atoms with Crippen molar-refractivity contribution in [3.8, 4) is 6.07 Å². The topological polar surface area (TPSA) is 91.3 Å². The van der Waals surface area contributed by atoms with Crippen LogP contribution in [0.5, 0.6) is 0 Å². The van der Waals surface area contributed by atoms with E-state index < -0.39 is 0 Å². The highest BCUT2D eigenvalue weighted by Crippen LogP contribution is 2.43. The SMILES string of the molecule is CC1CCc2c(sc3nc(CN4CCOCC4)nc(N4CCc5c(sc(N)c5C#N)C4)c23)C1. The van der Waals surface area contributed by atoms with Crippen LogP contribution in [0, 0.1) is 17.2 Å². The smallest absolute Gasteiger partial charge is 0.146 e. The predicted octanol–water partition coefficient (Wildman–Crippen LogP) is 3.73. The van der Waals surface area contributed by atoms with Crippen molar-refractivity contribution in [3.63, 3.8) is 0 Å². The van der Waals surface area contributed by atoms with Gasteiger partial charge in [-0.05, 0) is 42.7 Å². The van der Waals surface area contributed by atoms with Gasteiger partial charge in [0.2, 0.25) is 0 Å². The molecular weight excluding hydrogens is 452 g/mol. The molecule has 1 saturated heterocycles. The largest absolute Gasteiger partial charge is 0.389 e. The van der Waals surface area contributed by atoms with E-state index in [1.54, 1.807) is 11.3 Å². The number of hydrogen-bond acceptors (Lipinski definition) is 9. The zero-order valence-electron chi connectivity index (χ0n) is 18.9. The van der Waals surface area contributed by atoms with Crippen molar-refractivity contribution >= 4 is 43.7 Å². The number of morpholine rings is 1. The Morgan fingerprint density at radius 2 is 1.97 bits per heavy atom. The molecule has 0 spiro atoms. The molecule has 3 aromatic rings. The van der Waals surface area contributed by atoms with Gasteiger partial charge in [-0.3, -0.25) is 4.90 Å². The number of hydrogen-bond donors (Lipinski definition) is 1. The molecule has 2 aliphatic heterocycles. The first-order valence-corrected chi connectivity index (χ1v) is 13.4. The first-order valence-electron chi connectivity index (χ1n) is 11.8. The molecule has 7 nitrogen and oxygen atoms in total. The fourth-order valence-corrected chi connectivity index (χ4v) is 7.83. The maximum atomic E-state index is 9.54. The van der Waals surface area contributed by atoms with Crippen molar-refractivity contribution in [2.75, 3.05) is 43.5 Å². The van der Waals surface area contributed by atoms with E-state index in [4.69, 9.17) is 20.4 Å². The highest BCUT2D eigenvalue weighted by molar-refractivity contribution is 7.19. The molecule has 6 rings (SSSR count). The van der Waals surface area contributed by atoms with Gasteiger partial charge in [-0.15, -0.1) is 22.7 Å². The second-order valence-corrected chi connectivity index (χ2v) is 11.6. The first-order chi connectivity index (χ1) is 16.1. The molecule has 33 heavy (non-hydrogen) atoms. The number of aromatic nitrogens is 2. The van der Waals surface area contributed by atoms with Gasteiger partial charge in [0, 0.05) is 29.4 Å². The molecule has 1 atom stereocenters. The maximum absolute atomic E-state index is 9.54. The lowest BCUT2D eigenvalue weighted by atomic mass is 9.89. The lowest BCUT2D eigenvalue weighted by molar-refractivity contribution is 0.0331. The van der Waals surface area contributed by atoms with Crippen LogP contribution in [-0.2, 0) is 37.1 Å². The number of nitriles is 1. The van der Waals surface area contributed by atoms with Gasteiger partial charge < -0.3 is 15.4 Å². The highest BCUT2D eigenvalue weighted by atomic mass is 32.1. The fourth-order valence-electron chi connectivity index (χ4n) is 5.35. The zero-order valence-corrected chi connectivity index (χ0v) is 20.5. The summed E-state index contributed by atoms with van der Waals surface area (Å²) in [5, 5.41) is 11.4. The minimum atomic E-state index is 0.645. The van der Waals surface area contributed by atoms with Crippen LogP contribution >= 0.6 is 22.7 Å². The van der Waals surface area contributed by atoms with Gasteiger partial charge in [0.15, 0.2) is 0 Å². The van der Waals surface area contributed by atoms with Crippen LogP contribution in [-0.4, -0.2) is 47.7 Å². The number of fused-ring (bicyclic) bond motifs is 4. The zero-order chi connectivity index (χ0) is 22.5. The Morgan fingerprint density at radius 1 is 1.12 bits per heavy atom. The summed E-state index contributed by atoms with van der Waals surface area (Å²) in [6.07, 6.45) is 4.32. The van der Waals surface area contributed by atoms with E-state index in [0.717, 1.165) is 93.2 Å². The van der Waals surface area contributed by atoms with Gasteiger partial charge in [0.1, 0.15) is 27.5 Å². The Morgan fingerprint density at radius 3 is 2.79 bits per heavy atom. The van der Waals surface area contributed by atoms with Gasteiger partial charge in [-0.2, -0.15) is 5.26 Å². The molecule has 172 valence electrons. The van der Waals surface area contributed by atoms with Crippen LogP contribution in [0.3, 0.4) is 0 Å². The Labute approximate surface area is 201 Å². The molecule has 2 N–H and O–H groups in total. The van der Waals surface area contributed by atoms with E-state index >= 15 is 0 Å². The highest BCUT2D eigenvalue weighted by Gasteiger charge is 2.30. The average Bonchev–Trinajstić information content (AvgIpc) is 3.34. The summed E-state index contributed by atoms with van der Waals surface area (Å²) < 4.78 is 5.53. The van der Waals surface area contributed by atoms with E-state index in [0.29, 0.717) is 10.6 Å². The van der Waals surface area contributed by atoms with Crippen molar-refractivity contribution in [3.05, 3.63) is 32.3 Å². The first kappa shape index (κ1) is 21.3. The van der Waals surface area contributed by atoms with Crippen LogP contribution in [0.1, 0.15) is 45.6 Å². The molecule has 0 radical (unpaired) electrons. The van der Waals surface area contributed by atoms with E-state index in [9.17, 15) is 5.26 Å². The molecule has 0 saturated carbocycles. The number of anilines is 2. The van der Waals surface area contributed by atoms with E-state index in [-0.39, 0.29) is 0 Å². The number of nitrogens with two attached hydrogens (primary N) is 1. The molecule has 0 aromatic carbocycles. The summed E-state index contributed by atoms with van der Waals surface area (Å²) in [6, 6.07) is 2.31. The van der Waals surface area contributed by atoms with Crippen LogP contribution < -0.4 is 10.6 Å². The van der Waals surface area contributed by atoms with Gasteiger partial charge in [-0.1, -0.05) is 6.92 Å². The lowest BCUT2D eigenvalue weighted by Crippen LogP contribution is -2.36. The standard InChI is InChI=1S/C24H28N6OS2/c1-14-2-3-16-18(10-14)33-24-21(16)23(27-20(28-24)13-29-6-8-31-9-7-29)30-5-4-15-17(11-25)22(26)32-19(15)12-30/h14H,2-10,12-13,26H2,1H3. The summed E-state index contributed by atoms with van der Waals surface area (Å²) >= 11 is 3.43. The van der Waals surface area contributed by atoms with E-state index in [1.807, 2.05) is 11.3 Å². The summed E-state index contributed by atoms with van der Waals surface area (Å²) in [5.74, 6) is 2.71. The Hall–Kier alpha value is -2.25. The van der Waals surface area contributed by atoms with Gasteiger partial charge >= 0.3 is 0 Å². The van der Waals surface area contributed by atoms with E-state index in [2.05, 4.69) is 22.8 Å². The molecule has 0 bridgehead atoms. The Kier molecular flexibility index (Phi) is 5.49. The molecule has 1 fully saturated rings. The van der Waals surface area contributed by atoms with Crippen molar-refractivity contribution in [2.24, 2.45) is 5.92 Å². The molecule has 3 aromatic heterocycles. The second kappa shape index (κ2) is 8.51. The number of nitrogens with zero attached hydrogens (tertiary/aromatic N) is 5. The summed E-state index contributed by atoms with van der Waals surface area (Å²) in [7, 11) is 0. The molecule has 1 unspecified atom stereocenters. The van der Waals surface area contributed by atoms with Crippen LogP contribution in [0.15, 0.2) is 0 Å². The third-order valence-corrected chi connectivity index (χ3v) is 9.34. The molecule has 3 aliphatic rings. The fraction of sp³-hybridized carbons (Fsp3) is 0.542. The number of ether oxygens (including phenoxy) is 1. The number of thiophene rings is 2. The molecular formula is C24H28N6OS2. The average molecular weight is 481 g/mol. The van der Waals surface area contributed by atoms with Gasteiger partial charge in [-0.25, -0.2) is 9.97 Å². The number of nitrogen functional groups attached to an aromatic ring is 1. The number of aryl methyl sites for hydroxylation is 1. The second-order valence-electron chi connectivity index (χ2n) is 9.41. The van der Waals surface area contributed by atoms with Crippen molar-refractivity contribution in [2.45, 2.75) is 45.7 Å². The maximum Gasteiger partial charge on any atom is 0.146 e. The summed E-state index contributed by atoms with van der Waals surface area (Å²) in [5.41, 5.74) is 9.44. The quantitative estimate of drug-likeness (QED) is 0.611. The minimum Gasteiger partial charge on any atom is -0.389 e. The minimum absolute atomic E-state index is 0.645. The van der Waals surface area contributed by atoms with Gasteiger partial charge in [0.25, 0.3) is 0 Å². The molecule has 5 heterocycles. The van der Waals surface area contributed by atoms with Crippen molar-refractivity contribution < 1.29 is 4.74 Å². The molecule has 9 heteroatoms. The third kappa shape index (κ3) is 3.79. The van der Waals surface area contributed by atoms with Crippen molar-refractivity contribution in [1.82, 2.24) is 14.9 Å². The summed E-state index contributed by atoms with van der Waals surface area (Å²) in [6.45, 7) is 8.12. The molecule has 0 amide bonds. The van der Waals surface area contributed by atoms with Gasteiger partial charge in [0.05, 0.1) is 37.3 Å². The predicted molar refractivity (Wildman–Crippen MR) is 133 cm³/mol. The Bertz CT molecular complexity index is 1250. The lowest BCUT2D eigenvalue weighted by Gasteiger charge is -2.30. The third-order valence-electron chi connectivity index (χ3n) is 7.15. The Balaban J connectivity index is 1.42. The van der Waals surface area contributed by atoms with Crippen LogP contribution in [0.2, 0.25) is 0 Å². The molecule has 1 aliphatic carbocycles. The summed E-state index contributed by atoms with van der Waals surface area (Å²) in [4.78, 5) is 18.9. The van der Waals surface area contributed by atoms with Crippen molar-refractivity contribution in [1.29, 1.82) is 5.26 Å². The van der Waals surface area contributed by atoms with E-state index in [1.165, 1.54) is 27.1 Å². The van der Waals surface area contributed by atoms with Crippen LogP contribution in [0.25, 0.3) is 10.2 Å². The van der Waals surface area contributed by atoms with Crippen LogP contribution in [0.4, 0.5) is 10.8 Å². The normalized spacial score (nSPS) is 21.1. The number of rotatable bonds is 3. The monoisotopic (exact) mass is 480 g/mol.